The van der Waals surface area contributed by atoms with E-state index in [4.69, 9.17) is 17.2 Å². The van der Waals surface area contributed by atoms with E-state index in [0.717, 1.165) is 19.3 Å². The van der Waals surface area contributed by atoms with E-state index in [1.165, 1.54) is 4.90 Å². The van der Waals surface area contributed by atoms with E-state index in [9.17, 15) is 9.59 Å². The molecule has 0 bridgehead atoms. The Balaban J connectivity index is 1.97. The Kier molecular flexibility index (Phi) is 5.23. The lowest BCUT2D eigenvalue weighted by Gasteiger charge is -2.37. The van der Waals surface area contributed by atoms with Crippen LogP contribution in [-0.4, -0.2) is 28.8 Å². The molecule has 0 aromatic heterocycles. The molecule has 0 saturated heterocycles. The third kappa shape index (κ3) is 3.70. The second kappa shape index (κ2) is 7.58. The van der Waals surface area contributed by atoms with Crippen LogP contribution in [0.1, 0.15) is 46.4 Å². The monoisotopic (exact) mass is 352 g/mol. The van der Waals surface area contributed by atoms with Crippen LogP contribution in [0.4, 0.5) is 11.4 Å². The van der Waals surface area contributed by atoms with Crippen molar-refractivity contribution in [3.05, 3.63) is 59.7 Å². The van der Waals surface area contributed by atoms with Gasteiger partial charge in [-0.1, -0.05) is 12.8 Å². The summed E-state index contributed by atoms with van der Waals surface area (Å²) in [6.45, 7) is 0. The molecule has 6 nitrogen and oxygen atoms in total. The first kappa shape index (κ1) is 17.9. The summed E-state index contributed by atoms with van der Waals surface area (Å²) in [5.74, 6) is -0.705. The molecule has 0 heterocycles. The molecule has 1 aliphatic rings. The molecule has 2 aromatic carbocycles. The first-order chi connectivity index (χ1) is 12.5. The Hall–Kier alpha value is -2.86. The topological polar surface area (TPSA) is 115 Å². The van der Waals surface area contributed by atoms with Crippen LogP contribution in [0.25, 0.3) is 0 Å². The molecule has 0 radical (unpaired) electrons. The van der Waals surface area contributed by atoms with Crippen LogP contribution in [0.2, 0.25) is 0 Å². The number of carbonyl (C=O) groups is 2. The molecular formula is C20H24N4O2. The first-order valence-electron chi connectivity index (χ1n) is 8.82. The first-order valence-corrected chi connectivity index (χ1v) is 8.82. The predicted molar refractivity (Wildman–Crippen MR) is 102 cm³/mol. The Morgan fingerprint density at radius 3 is 1.62 bits per heavy atom. The molecular weight excluding hydrogens is 328 g/mol. The smallest absolute Gasteiger partial charge is 0.261 e. The maximum Gasteiger partial charge on any atom is 0.261 e. The minimum atomic E-state index is -0.353. The lowest BCUT2D eigenvalue weighted by Crippen LogP contribution is -2.54. The molecule has 2 aromatic rings. The Labute approximate surface area is 153 Å². The van der Waals surface area contributed by atoms with E-state index in [2.05, 4.69) is 0 Å². The van der Waals surface area contributed by atoms with Crippen molar-refractivity contribution in [3.63, 3.8) is 0 Å². The van der Waals surface area contributed by atoms with Crippen LogP contribution in [0.5, 0.6) is 0 Å². The van der Waals surface area contributed by atoms with Gasteiger partial charge in [-0.25, -0.2) is 0 Å². The van der Waals surface area contributed by atoms with Gasteiger partial charge in [-0.05, 0) is 61.4 Å². The number of nitrogens with zero attached hydrogens (tertiary/aromatic N) is 1. The van der Waals surface area contributed by atoms with Crippen LogP contribution >= 0.6 is 0 Å². The van der Waals surface area contributed by atoms with Gasteiger partial charge in [-0.2, -0.15) is 0 Å². The van der Waals surface area contributed by atoms with Crippen molar-refractivity contribution >= 4 is 23.2 Å². The van der Waals surface area contributed by atoms with E-state index in [1.54, 1.807) is 48.5 Å². The number of amides is 2. The van der Waals surface area contributed by atoms with E-state index >= 15 is 0 Å². The lowest BCUT2D eigenvalue weighted by molar-refractivity contribution is 0.0485. The Bertz CT molecular complexity index is 729. The average Bonchev–Trinajstić information content (AvgIpc) is 2.64. The number of imide groups is 1. The summed E-state index contributed by atoms with van der Waals surface area (Å²) in [5.41, 5.74) is 19.7. The van der Waals surface area contributed by atoms with Gasteiger partial charge in [-0.3, -0.25) is 14.5 Å². The summed E-state index contributed by atoms with van der Waals surface area (Å²) in [6.07, 6.45) is 3.46. The molecule has 136 valence electrons. The number of anilines is 2. The van der Waals surface area contributed by atoms with Crippen molar-refractivity contribution in [1.29, 1.82) is 0 Å². The number of benzene rings is 2. The summed E-state index contributed by atoms with van der Waals surface area (Å²) in [4.78, 5) is 27.7. The summed E-state index contributed by atoms with van der Waals surface area (Å²) in [6, 6.07) is 12.6. The van der Waals surface area contributed by atoms with Crippen molar-refractivity contribution in [2.24, 2.45) is 5.73 Å². The van der Waals surface area contributed by atoms with Crippen molar-refractivity contribution in [2.45, 2.75) is 37.8 Å². The minimum absolute atomic E-state index is 0.223. The summed E-state index contributed by atoms with van der Waals surface area (Å²) in [7, 11) is 0. The van der Waals surface area contributed by atoms with E-state index in [-0.39, 0.29) is 23.9 Å². The Morgan fingerprint density at radius 2 is 1.19 bits per heavy atom. The molecule has 0 unspecified atom stereocenters. The van der Waals surface area contributed by atoms with Crippen LogP contribution in [0.15, 0.2) is 48.5 Å². The van der Waals surface area contributed by atoms with Crippen molar-refractivity contribution in [3.8, 4) is 0 Å². The molecule has 3 rings (SSSR count). The highest BCUT2D eigenvalue weighted by Crippen LogP contribution is 2.26. The normalized spacial score (nSPS) is 19.7. The third-order valence-electron chi connectivity index (χ3n) is 4.87. The number of nitrogen functional groups attached to an aromatic ring is 2. The predicted octanol–water partition coefficient (Wildman–Crippen LogP) is 2.40. The molecule has 0 spiro atoms. The number of hydrogen-bond donors (Lipinski definition) is 3. The van der Waals surface area contributed by atoms with Crippen LogP contribution in [-0.2, 0) is 0 Å². The average molecular weight is 352 g/mol. The van der Waals surface area contributed by atoms with Crippen molar-refractivity contribution in [1.82, 2.24) is 4.90 Å². The number of carbonyl (C=O) groups excluding carboxylic acids is 2. The third-order valence-corrected chi connectivity index (χ3v) is 4.87. The standard InChI is InChI=1S/C20H24N4O2/c21-15-9-5-13(6-10-15)19(25)24(18-4-2-1-3-17(18)23)20(26)14-7-11-16(22)12-8-14/h5-12,17-18H,1-4,21-23H2/t17-,18-/m1/s1. The zero-order valence-electron chi connectivity index (χ0n) is 14.6. The second-order valence-corrected chi connectivity index (χ2v) is 6.74. The fraction of sp³-hybridized carbons (Fsp3) is 0.300. The molecule has 0 aliphatic heterocycles. The molecule has 26 heavy (non-hydrogen) atoms. The van der Waals surface area contributed by atoms with Crippen molar-refractivity contribution in [2.75, 3.05) is 11.5 Å². The summed E-state index contributed by atoms with van der Waals surface area (Å²) < 4.78 is 0. The van der Waals surface area contributed by atoms with Gasteiger partial charge in [0.15, 0.2) is 0 Å². The fourth-order valence-corrected chi connectivity index (χ4v) is 3.38. The number of rotatable bonds is 3. The van der Waals surface area contributed by atoms with Gasteiger partial charge in [-0.15, -0.1) is 0 Å². The zero-order chi connectivity index (χ0) is 18.7. The van der Waals surface area contributed by atoms with Crippen molar-refractivity contribution < 1.29 is 9.59 Å². The molecule has 2 atom stereocenters. The molecule has 1 fully saturated rings. The van der Waals surface area contributed by atoms with Gasteiger partial charge in [0, 0.05) is 28.5 Å². The number of nitrogens with two attached hydrogens (primary N) is 3. The molecule has 6 N–H and O–H groups in total. The van der Waals surface area contributed by atoms with Gasteiger partial charge >= 0.3 is 0 Å². The largest absolute Gasteiger partial charge is 0.399 e. The van der Waals surface area contributed by atoms with Gasteiger partial charge < -0.3 is 17.2 Å². The minimum Gasteiger partial charge on any atom is -0.399 e. The highest BCUT2D eigenvalue weighted by Gasteiger charge is 2.36. The van der Waals surface area contributed by atoms with E-state index < -0.39 is 0 Å². The maximum atomic E-state index is 13.2. The second-order valence-electron chi connectivity index (χ2n) is 6.74. The van der Waals surface area contributed by atoms with E-state index in [1.807, 2.05) is 0 Å². The highest BCUT2D eigenvalue weighted by atomic mass is 16.2. The fourth-order valence-electron chi connectivity index (χ4n) is 3.38. The SMILES string of the molecule is Nc1ccc(C(=O)N(C(=O)c2ccc(N)cc2)[C@@H]2CCCC[C@H]2N)cc1. The van der Waals surface area contributed by atoms with Gasteiger partial charge in [0.05, 0.1) is 6.04 Å². The highest BCUT2D eigenvalue weighted by molar-refractivity contribution is 6.10. The summed E-state index contributed by atoms with van der Waals surface area (Å²) in [5, 5.41) is 0. The van der Waals surface area contributed by atoms with E-state index in [0.29, 0.717) is 28.9 Å². The number of hydrogen-bond acceptors (Lipinski definition) is 5. The summed E-state index contributed by atoms with van der Waals surface area (Å²) >= 11 is 0. The van der Waals surface area contributed by atoms with Gasteiger partial charge in [0.2, 0.25) is 0 Å². The van der Waals surface area contributed by atoms with Crippen LogP contribution < -0.4 is 17.2 Å². The van der Waals surface area contributed by atoms with Crippen LogP contribution in [0.3, 0.4) is 0 Å². The molecule has 1 saturated carbocycles. The Morgan fingerprint density at radius 1 is 0.769 bits per heavy atom. The van der Waals surface area contributed by atoms with Crippen LogP contribution in [0, 0.1) is 0 Å². The lowest BCUT2D eigenvalue weighted by atomic mass is 9.89. The maximum absolute atomic E-state index is 13.2. The van der Waals surface area contributed by atoms with Gasteiger partial charge in [0.1, 0.15) is 0 Å². The molecule has 6 heteroatoms. The quantitative estimate of drug-likeness (QED) is 0.579. The molecule has 2 amide bonds. The zero-order valence-corrected chi connectivity index (χ0v) is 14.6. The molecule has 1 aliphatic carbocycles. The van der Waals surface area contributed by atoms with Gasteiger partial charge in [0.25, 0.3) is 11.8 Å².